The molecule has 0 radical (unpaired) electrons. The third-order valence-corrected chi connectivity index (χ3v) is 4.77. The van der Waals surface area contributed by atoms with Gasteiger partial charge in [0.1, 0.15) is 5.82 Å². The molecule has 0 spiro atoms. The van der Waals surface area contributed by atoms with Gasteiger partial charge >= 0.3 is 0 Å². The van der Waals surface area contributed by atoms with Crippen molar-refractivity contribution in [1.29, 1.82) is 0 Å². The number of anilines is 1. The molecule has 2 heterocycles. The van der Waals surface area contributed by atoms with E-state index in [1.54, 1.807) is 47.1 Å². The third-order valence-electron chi connectivity index (χ3n) is 4.52. The number of carbonyl (C=O) groups is 1. The lowest BCUT2D eigenvalue weighted by molar-refractivity contribution is -0.118. The van der Waals surface area contributed by atoms with E-state index in [9.17, 15) is 9.18 Å². The van der Waals surface area contributed by atoms with Crippen molar-refractivity contribution in [3.05, 3.63) is 76.7 Å². The molecule has 0 saturated carbocycles. The standard InChI is InChI=1S/C22H18ClFN4O2/c1-13-10-20(30-12-19(29)25-17-8-6-15(23)7-9-17)26-22-21(13)14(2)27-28(22)18-5-3-4-16(24)11-18/h3-11H,12H2,1-2H3,(H,25,29). The minimum atomic E-state index is -0.364. The summed E-state index contributed by atoms with van der Waals surface area (Å²) in [6, 6.07) is 14.7. The smallest absolute Gasteiger partial charge is 0.262 e. The molecule has 0 unspecified atom stereocenters. The third kappa shape index (κ3) is 4.11. The molecule has 30 heavy (non-hydrogen) atoms. The van der Waals surface area contributed by atoms with E-state index in [0.717, 1.165) is 16.6 Å². The molecule has 0 aliphatic carbocycles. The van der Waals surface area contributed by atoms with E-state index in [1.807, 2.05) is 13.8 Å². The van der Waals surface area contributed by atoms with Crippen molar-refractivity contribution in [3.63, 3.8) is 0 Å². The van der Waals surface area contributed by atoms with Crippen molar-refractivity contribution in [3.8, 4) is 11.6 Å². The summed E-state index contributed by atoms with van der Waals surface area (Å²) in [5, 5.41) is 8.68. The highest BCUT2D eigenvalue weighted by Gasteiger charge is 2.16. The van der Waals surface area contributed by atoms with Crippen molar-refractivity contribution < 1.29 is 13.9 Å². The van der Waals surface area contributed by atoms with Gasteiger partial charge in [0.05, 0.1) is 11.4 Å². The van der Waals surface area contributed by atoms with E-state index in [2.05, 4.69) is 15.4 Å². The molecule has 4 aromatic rings. The number of ether oxygens (including phenoxy) is 1. The van der Waals surface area contributed by atoms with Crippen molar-refractivity contribution in [2.45, 2.75) is 13.8 Å². The number of carbonyl (C=O) groups excluding carboxylic acids is 1. The van der Waals surface area contributed by atoms with E-state index in [0.29, 0.717) is 22.0 Å². The molecule has 0 saturated heterocycles. The maximum Gasteiger partial charge on any atom is 0.262 e. The predicted octanol–water partition coefficient (Wildman–Crippen LogP) is 4.85. The Bertz CT molecular complexity index is 1240. The predicted molar refractivity (Wildman–Crippen MR) is 114 cm³/mol. The molecule has 1 amide bonds. The average molecular weight is 425 g/mol. The van der Waals surface area contributed by atoms with E-state index >= 15 is 0 Å². The second-order valence-electron chi connectivity index (χ2n) is 6.80. The number of nitrogens with one attached hydrogen (secondary N) is 1. The SMILES string of the molecule is Cc1cc(OCC(=O)Nc2ccc(Cl)cc2)nc2c1c(C)nn2-c1cccc(F)c1. The summed E-state index contributed by atoms with van der Waals surface area (Å²) in [6.07, 6.45) is 0. The van der Waals surface area contributed by atoms with Crippen molar-refractivity contribution >= 4 is 34.2 Å². The van der Waals surface area contributed by atoms with Gasteiger partial charge in [0.15, 0.2) is 12.3 Å². The van der Waals surface area contributed by atoms with Crippen LogP contribution in [0.15, 0.2) is 54.6 Å². The fraction of sp³-hybridized carbons (Fsp3) is 0.136. The zero-order valence-corrected chi connectivity index (χ0v) is 17.1. The van der Waals surface area contributed by atoms with E-state index < -0.39 is 0 Å². The van der Waals surface area contributed by atoms with Gasteiger partial charge in [-0.05, 0) is 61.9 Å². The second-order valence-corrected chi connectivity index (χ2v) is 7.23. The highest BCUT2D eigenvalue weighted by atomic mass is 35.5. The van der Waals surface area contributed by atoms with Crippen LogP contribution in [0.4, 0.5) is 10.1 Å². The van der Waals surface area contributed by atoms with Gasteiger partial charge in [0, 0.05) is 22.2 Å². The largest absolute Gasteiger partial charge is 0.467 e. The number of amides is 1. The molecule has 0 aliphatic heterocycles. The Morgan fingerprint density at radius 1 is 1.17 bits per heavy atom. The molecule has 4 rings (SSSR count). The normalized spacial score (nSPS) is 10.9. The number of aromatic nitrogens is 3. The summed E-state index contributed by atoms with van der Waals surface area (Å²) in [4.78, 5) is 16.7. The average Bonchev–Trinajstić information content (AvgIpc) is 3.05. The van der Waals surface area contributed by atoms with Gasteiger partial charge in [-0.15, -0.1) is 0 Å². The first-order valence-corrected chi connectivity index (χ1v) is 9.59. The Balaban J connectivity index is 1.58. The summed E-state index contributed by atoms with van der Waals surface area (Å²) in [6.45, 7) is 3.57. The van der Waals surface area contributed by atoms with Crippen LogP contribution in [0.2, 0.25) is 5.02 Å². The first-order chi connectivity index (χ1) is 14.4. The molecule has 0 bridgehead atoms. The molecule has 1 N–H and O–H groups in total. The molecule has 152 valence electrons. The lowest BCUT2D eigenvalue weighted by atomic mass is 10.2. The topological polar surface area (TPSA) is 69.0 Å². The number of pyridine rings is 1. The Morgan fingerprint density at radius 2 is 1.93 bits per heavy atom. The summed E-state index contributed by atoms with van der Waals surface area (Å²) in [5.41, 5.74) is 3.37. The number of hydrogen-bond donors (Lipinski definition) is 1. The van der Waals surface area contributed by atoms with Gasteiger partial charge in [-0.3, -0.25) is 4.79 Å². The number of aryl methyl sites for hydroxylation is 2. The lowest BCUT2D eigenvalue weighted by Gasteiger charge is -2.09. The minimum absolute atomic E-state index is 0.215. The van der Waals surface area contributed by atoms with Gasteiger partial charge in [-0.2, -0.15) is 10.1 Å². The van der Waals surface area contributed by atoms with Crippen LogP contribution in [-0.2, 0) is 4.79 Å². The maximum absolute atomic E-state index is 13.7. The Labute approximate surface area is 177 Å². The van der Waals surface area contributed by atoms with Crippen LogP contribution >= 0.6 is 11.6 Å². The molecule has 6 nitrogen and oxygen atoms in total. The molecular formula is C22H18ClFN4O2. The lowest BCUT2D eigenvalue weighted by Crippen LogP contribution is -2.20. The summed E-state index contributed by atoms with van der Waals surface area (Å²) < 4.78 is 20.9. The van der Waals surface area contributed by atoms with Crippen LogP contribution in [0.1, 0.15) is 11.3 Å². The summed E-state index contributed by atoms with van der Waals surface area (Å²) in [7, 11) is 0. The molecule has 0 fully saturated rings. The van der Waals surface area contributed by atoms with Crippen molar-refractivity contribution in [1.82, 2.24) is 14.8 Å². The zero-order valence-electron chi connectivity index (χ0n) is 16.3. The van der Waals surface area contributed by atoms with Crippen LogP contribution in [0, 0.1) is 19.7 Å². The number of nitrogens with zero attached hydrogens (tertiary/aromatic N) is 3. The first kappa shape index (κ1) is 19.8. The Kier molecular flexibility index (Phi) is 5.37. The Morgan fingerprint density at radius 3 is 2.67 bits per heavy atom. The molecule has 2 aromatic heterocycles. The van der Waals surface area contributed by atoms with Crippen LogP contribution in [0.5, 0.6) is 5.88 Å². The highest BCUT2D eigenvalue weighted by Crippen LogP contribution is 2.27. The van der Waals surface area contributed by atoms with E-state index in [4.69, 9.17) is 16.3 Å². The van der Waals surface area contributed by atoms with E-state index in [-0.39, 0.29) is 24.2 Å². The Hall–Kier alpha value is -3.45. The van der Waals surface area contributed by atoms with Crippen LogP contribution in [0.25, 0.3) is 16.7 Å². The summed E-state index contributed by atoms with van der Waals surface area (Å²) in [5.74, 6) is -0.410. The van der Waals surface area contributed by atoms with Gasteiger partial charge in [0.25, 0.3) is 5.91 Å². The van der Waals surface area contributed by atoms with E-state index in [1.165, 1.54) is 12.1 Å². The first-order valence-electron chi connectivity index (χ1n) is 9.22. The highest BCUT2D eigenvalue weighted by molar-refractivity contribution is 6.30. The van der Waals surface area contributed by atoms with Crippen LogP contribution in [0.3, 0.4) is 0 Å². The van der Waals surface area contributed by atoms with Crippen LogP contribution < -0.4 is 10.1 Å². The maximum atomic E-state index is 13.7. The van der Waals surface area contributed by atoms with Gasteiger partial charge in [-0.1, -0.05) is 17.7 Å². The number of rotatable bonds is 5. The number of halogens is 2. The van der Waals surface area contributed by atoms with Gasteiger partial charge in [-0.25, -0.2) is 9.07 Å². The molecule has 8 heteroatoms. The molecule has 0 aliphatic rings. The second kappa shape index (κ2) is 8.12. The molecular weight excluding hydrogens is 407 g/mol. The quantitative estimate of drug-likeness (QED) is 0.497. The van der Waals surface area contributed by atoms with Gasteiger partial charge < -0.3 is 10.1 Å². The molecule has 2 aromatic carbocycles. The molecule has 0 atom stereocenters. The van der Waals surface area contributed by atoms with Crippen LogP contribution in [-0.4, -0.2) is 27.3 Å². The number of hydrogen-bond acceptors (Lipinski definition) is 4. The number of benzene rings is 2. The fourth-order valence-corrected chi connectivity index (χ4v) is 3.33. The monoisotopic (exact) mass is 424 g/mol. The zero-order chi connectivity index (χ0) is 21.3. The summed E-state index contributed by atoms with van der Waals surface area (Å²) >= 11 is 5.85. The fourth-order valence-electron chi connectivity index (χ4n) is 3.21. The van der Waals surface area contributed by atoms with Gasteiger partial charge in [0.2, 0.25) is 5.88 Å². The van der Waals surface area contributed by atoms with Crippen molar-refractivity contribution in [2.75, 3.05) is 11.9 Å². The number of fused-ring (bicyclic) bond motifs is 1. The minimum Gasteiger partial charge on any atom is -0.467 e. The van der Waals surface area contributed by atoms with Crippen molar-refractivity contribution in [2.24, 2.45) is 0 Å².